The average Bonchev–Trinajstić information content (AvgIpc) is 3.33. The van der Waals surface area contributed by atoms with Gasteiger partial charge in [-0.05, 0) is 24.4 Å². The molecule has 1 aliphatic rings. The van der Waals surface area contributed by atoms with Crippen LogP contribution >= 0.6 is 0 Å². The molecule has 0 spiro atoms. The summed E-state index contributed by atoms with van der Waals surface area (Å²) in [5, 5.41) is 7.58. The van der Waals surface area contributed by atoms with E-state index in [0.29, 0.717) is 22.4 Å². The number of rotatable bonds is 6. The molecule has 0 fully saturated rings. The van der Waals surface area contributed by atoms with Crippen molar-refractivity contribution in [3.63, 3.8) is 0 Å². The van der Waals surface area contributed by atoms with E-state index in [1.54, 1.807) is 67.6 Å². The first-order valence-corrected chi connectivity index (χ1v) is 11.8. The molecular weight excluding hydrogens is 458 g/mol. The lowest BCUT2D eigenvalue weighted by Crippen LogP contribution is -2.35. The Morgan fingerprint density at radius 3 is 2.50 bits per heavy atom. The SMILES string of the molecule is Cc1cc(NC(=O)C(OC(=O)CN2c3cccc4cccc(c34)S2(=O)=O)c2ccccc2)no1. The number of amides is 1. The number of esters is 1. The highest BCUT2D eigenvalue weighted by Crippen LogP contribution is 2.41. The van der Waals surface area contributed by atoms with E-state index in [9.17, 15) is 18.0 Å². The van der Waals surface area contributed by atoms with Crippen molar-refractivity contribution in [3.05, 3.63) is 84.1 Å². The second-order valence-electron chi connectivity index (χ2n) is 7.74. The van der Waals surface area contributed by atoms with Gasteiger partial charge in [0, 0.05) is 17.0 Å². The highest BCUT2D eigenvalue weighted by Gasteiger charge is 2.38. The number of nitrogens with zero attached hydrogens (tertiary/aromatic N) is 2. The normalized spacial score (nSPS) is 14.7. The minimum Gasteiger partial charge on any atom is -0.446 e. The highest BCUT2D eigenvalue weighted by atomic mass is 32.2. The van der Waals surface area contributed by atoms with Crippen LogP contribution in [-0.4, -0.2) is 32.0 Å². The summed E-state index contributed by atoms with van der Waals surface area (Å²) in [6, 6.07) is 20.1. The van der Waals surface area contributed by atoms with Gasteiger partial charge in [-0.25, -0.2) is 8.42 Å². The number of anilines is 2. The van der Waals surface area contributed by atoms with Crippen LogP contribution in [0.15, 0.2) is 82.2 Å². The molecule has 5 rings (SSSR count). The number of hydrogen-bond acceptors (Lipinski definition) is 7. The van der Waals surface area contributed by atoms with Crippen molar-refractivity contribution in [3.8, 4) is 0 Å². The Bertz CT molecular complexity index is 1510. The van der Waals surface area contributed by atoms with Gasteiger partial charge in [-0.2, -0.15) is 0 Å². The summed E-state index contributed by atoms with van der Waals surface area (Å²) in [5.41, 5.74) is 0.812. The molecule has 0 bridgehead atoms. The third-order valence-corrected chi connectivity index (χ3v) is 7.22. The van der Waals surface area contributed by atoms with E-state index < -0.39 is 34.5 Å². The number of hydrogen-bond donors (Lipinski definition) is 1. The molecule has 2 heterocycles. The van der Waals surface area contributed by atoms with Gasteiger partial charge in [0.15, 0.2) is 5.82 Å². The minimum absolute atomic E-state index is 0.132. The maximum Gasteiger partial charge on any atom is 0.327 e. The average molecular weight is 477 g/mol. The molecule has 0 radical (unpaired) electrons. The van der Waals surface area contributed by atoms with Crippen LogP contribution in [0.3, 0.4) is 0 Å². The number of benzene rings is 3. The molecule has 9 nitrogen and oxygen atoms in total. The van der Waals surface area contributed by atoms with Crippen molar-refractivity contribution < 1.29 is 27.3 Å². The second kappa shape index (κ2) is 8.31. The fourth-order valence-corrected chi connectivity index (χ4v) is 5.59. The van der Waals surface area contributed by atoms with Crippen LogP contribution in [0.5, 0.6) is 0 Å². The Morgan fingerprint density at radius 2 is 1.79 bits per heavy atom. The summed E-state index contributed by atoms with van der Waals surface area (Å²) in [7, 11) is -3.95. The summed E-state index contributed by atoms with van der Waals surface area (Å²) in [5.74, 6) is -0.864. The Kier molecular flexibility index (Phi) is 5.29. The van der Waals surface area contributed by atoms with Crippen LogP contribution in [-0.2, 0) is 24.3 Å². The molecule has 4 aromatic rings. The van der Waals surface area contributed by atoms with Gasteiger partial charge in [0.1, 0.15) is 12.3 Å². The van der Waals surface area contributed by atoms with Crippen LogP contribution in [0.1, 0.15) is 17.4 Å². The molecule has 1 amide bonds. The lowest BCUT2D eigenvalue weighted by Gasteiger charge is -2.21. The summed E-state index contributed by atoms with van der Waals surface area (Å²) >= 11 is 0. The molecule has 1 aromatic heterocycles. The van der Waals surface area contributed by atoms with Crippen molar-refractivity contribution >= 4 is 44.2 Å². The molecular formula is C24H19N3O6S. The van der Waals surface area contributed by atoms with E-state index in [1.165, 1.54) is 12.1 Å². The second-order valence-corrected chi connectivity index (χ2v) is 9.57. The summed E-state index contributed by atoms with van der Waals surface area (Å²) < 4.78 is 37.8. The molecule has 172 valence electrons. The lowest BCUT2D eigenvalue weighted by molar-refractivity contribution is -0.153. The number of sulfonamides is 1. The molecule has 1 atom stereocenters. The molecule has 3 aromatic carbocycles. The van der Waals surface area contributed by atoms with Gasteiger partial charge in [-0.1, -0.05) is 59.8 Å². The zero-order valence-electron chi connectivity index (χ0n) is 18.0. The number of nitrogens with one attached hydrogen (secondary N) is 1. The van der Waals surface area contributed by atoms with Crippen molar-refractivity contribution in [2.24, 2.45) is 0 Å². The predicted molar refractivity (Wildman–Crippen MR) is 124 cm³/mol. The number of carbonyl (C=O) groups excluding carboxylic acids is 2. The first-order valence-electron chi connectivity index (χ1n) is 10.4. The zero-order chi connectivity index (χ0) is 23.9. The first-order chi connectivity index (χ1) is 16.3. The quantitative estimate of drug-likeness (QED) is 0.422. The number of aryl methyl sites for hydroxylation is 1. The van der Waals surface area contributed by atoms with Crippen LogP contribution in [0.2, 0.25) is 0 Å². The van der Waals surface area contributed by atoms with Gasteiger partial charge in [-0.15, -0.1) is 0 Å². The number of aromatic nitrogens is 1. The number of carbonyl (C=O) groups is 2. The third-order valence-electron chi connectivity index (χ3n) is 5.42. The van der Waals surface area contributed by atoms with Gasteiger partial charge in [0.2, 0.25) is 6.10 Å². The smallest absolute Gasteiger partial charge is 0.327 e. The molecule has 0 saturated heterocycles. The first kappa shape index (κ1) is 21.7. The van der Waals surface area contributed by atoms with E-state index in [4.69, 9.17) is 9.26 Å². The predicted octanol–water partition coefficient (Wildman–Crippen LogP) is 3.57. The third kappa shape index (κ3) is 3.77. The largest absolute Gasteiger partial charge is 0.446 e. The fourth-order valence-electron chi connectivity index (χ4n) is 3.93. The van der Waals surface area contributed by atoms with Crippen molar-refractivity contribution in [2.75, 3.05) is 16.2 Å². The van der Waals surface area contributed by atoms with Gasteiger partial charge in [-0.3, -0.25) is 13.9 Å². The Labute approximate surface area is 195 Å². The maximum absolute atomic E-state index is 13.2. The summed E-state index contributed by atoms with van der Waals surface area (Å²) in [6.07, 6.45) is -1.32. The molecule has 0 saturated carbocycles. The van der Waals surface area contributed by atoms with Gasteiger partial charge in [0.25, 0.3) is 15.9 Å². The molecule has 1 unspecified atom stereocenters. The van der Waals surface area contributed by atoms with E-state index in [1.807, 2.05) is 0 Å². The topological polar surface area (TPSA) is 119 Å². The fraction of sp³-hybridized carbons (Fsp3) is 0.125. The van der Waals surface area contributed by atoms with Gasteiger partial charge < -0.3 is 14.6 Å². The standard InChI is InChI=1S/C24H19N3O6S/c1-15-13-20(26-33-15)25-24(29)23(17-7-3-2-4-8-17)32-21(28)14-27-18-11-5-9-16-10-6-12-19(22(16)18)34(27,30)31/h2-13,23H,14H2,1H3,(H,25,26,29). The van der Waals surface area contributed by atoms with Crippen molar-refractivity contribution in [1.82, 2.24) is 5.16 Å². The highest BCUT2D eigenvalue weighted by molar-refractivity contribution is 7.93. The monoisotopic (exact) mass is 477 g/mol. The van der Waals surface area contributed by atoms with Crippen LogP contribution in [0.25, 0.3) is 10.8 Å². The van der Waals surface area contributed by atoms with E-state index >= 15 is 0 Å². The molecule has 10 heteroatoms. The van der Waals surface area contributed by atoms with E-state index in [2.05, 4.69) is 10.5 Å². The van der Waals surface area contributed by atoms with Crippen LogP contribution in [0, 0.1) is 6.92 Å². The summed E-state index contributed by atoms with van der Waals surface area (Å²) in [4.78, 5) is 26.0. The van der Waals surface area contributed by atoms with Crippen molar-refractivity contribution in [1.29, 1.82) is 0 Å². The van der Waals surface area contributed by atoms with E-state index in [-0.39, 0.29) is 10.7 Å². The lowest BCUT2D eigenvalue weighted by atomic mass is 10.1. The molecule has 1 aliphatic heterocycles. The Morgan fingerprint density at radius 1 is 1.06 bits per heavy atom. The molecule has 1 N–H and O–H groups in total. The Balaban J connectivity index is 1.41. The van der Waals surface area contributed by atoms with Crippen LogP contribution < -0.4 is 9.62 Å². The van der Waals surface area contributed by atoms with Crippen molar-refractivity contribution in [2.45, 2.75) is 17.9 Å². The number of ether oxygens (including phenoxy) is 1. The van der Waals surface area contributed by atoms with E-state index in [0.717, 1.165) is 9.69 Å². The Hall–Kier alpha value is -4.18. The minimum atomic E-state index is -3.95. The van der Waals surface area contributed by atoms with Gasteiger partial charge >= 0.3 is 5.97 Å². The maximum atomic E-state index is 13.2. The summed E-state index contributed by atoms with van der Waals surface area (Å²) in [6.45, 7) is 1.09. The van der Waals surface area contributed by atoms with Crippen LogP contribution in [0.4, 0.5) is 11.5 Å². The zero-order valence-corrected chi connectivity index (χ0v) is 18.8. The molecule has 34 heavy (non-hydrogen) atoms. The molecule has 0 aliphatic carbocycles. The van der Waals surface area contributed by atoms with Gasteiger partial charge in [0.05, 0.1) is 10.6 Å².